The zero-order valence-corrected chi connectivity index (χ0v) is 10.5. The molecule has 1 aliphatic rings. The first-order chi connectivity index (χ1) is 7.60. The Morgan fingerprint density at radius 2 is 2.38 bits per heavy atom. The quantitative estimate of drug-likeness (QED) is 0.906. The highest BCUT2D eigenvalue weighted by atomic mass is 35.5. The normalized spacial score (nSPS) is 20.1. The Hall–Kier alpha value is -0.580. The fourth-order valence-corrected chi connectivity index (χ4v) is 3.48. The number of carbonyl (C=O) groups is 1. The van der Waals surface area contributed by atoms with Crippen LogP contribution in [-0.4, -0.2) is 24.3 Å². The van der Waals surface area contributed by atoms with E-state index in [0.717, 1.165) is 4.88 Å². The molecule has 1 aliphatic heterocycles. The third-order valence-corrected chi connectivity index (χ3v) is 4.61. The van der Waals surface area contributed by atoms with Crippen LogP contribution in [0.3, 0.4) is 0 Å². The highest BCUT2D eigenvalue weighted by Gasteiger charge is 2.50. The van der Waals surface area contributed by atoms with Crippen LogP contribution in [0.5, 0.6) is 0 Å². The Labute approximate surface area is 103 Å². The summed E-state index contributed by atoms with van der Waals surface area (Å²) in [5.74, 6) is -1.15. The van der Waals surface area contributed by atoms with Crippen LogP contribution in [0.1, 0.15) is 18.2 Å². The third-order valence-electron chi connectivity index (χ3n) is 3.16. The number of rotatable bonds is 4. The van der Waals surface area contributed by atoms with Gasteiger partial charge in [0.15, 0.2) is 0 Å². The first-order valence-corrected chi connectivity index (χ1v) is 6.36. The Kier molecular flexibility index (Phi) is 3.24. The lowest BCUT2D eigenvalue weighted by Crippen LogP contribution is -2.54. The van der Waals surface area contributed by atoms with Crippen LogP contribution in [-0.2, 0) is 14.9 Å². The molecule has 88 valence electrons. The largest absolute Gasteiger partial charge is 0.481 e. The molecule has 1 N–H and O–H groups in total. The Morgan fingerprint density at radius 3 is 2.69 bits per heavy atom. The van der Waals surface area contributed by atoms with Gasteiger partial charge < -0.3 is 9.84 Å². The average molecular weight is 261 g/mol. The molecule has 1 fully saturated rings. The van der Waals surface area contributed by atoms with Gasteiger partial charge in [0.25, 0.3) is 0 Å². The van der Waals surface area contributed by atoms with Crippen LogP contribution in [0.15, 0.2) is 12.1 Å². The van der Waals surface area contributed by atoms with Gasteiger partial charge in [-0.05, 0) is 18.6 Å². The topological polar surface area (TPSA) is 46.5 Å². The number of ether oxygens (including phenoxy) is 1. The predicted octanol–water partition coefficient (Wildman–Crippen LogP) is 2.78. The van der Waals surface area contributed by atoms with Gasteiger partial charge in [-0.15, -0.1) is 11.3 Å². The van der Waals surface area contributed by atoms with E-state index in [2.05, 4.69) is 0 Å². The van der Waals surface area contributed by atoms with Gasteiger partial charge in [0.05, 0.1) is 28.9 Å². The zero-order chi connectivity index (χ0) is 11.8. The number of carboxylic acid groups (broad SMARTS) is 1. The second-order valence-corrected chi connectivity index (χ2v) is 5.77. The molecule has 0 amide bonds. The lowest BCUT2D eigenvalue weighted by Gasteiger charge is -2.44. The van der Waals surface area contributed by atoms with Crippen molar-refractivity contribution in [3.8, 4) is 0 Å². The van der Waals surface area contributed by atoms with E-state index >= 15 is 0 Å². The lowest BCUT2D eigenvalue weighted by molar-refractivity contribution is -0.156. The van der Waals surface area contributed by atoms with Gasteiger partial charge in [-0.25, -0.2) is 0 Å². The van der Waals surface area contributed by atoms with E-state index in [0.29, 0.717) is 24.0 Å². The van der Waals surface area contributed by atoms with Crippen molar-refractivity contribution < 1.29 is 14.6 Å². The molecule has 1 aromatic heterocycles. The second kappa shape index (κ2) is 4.35. The molecule has 3 nitrogen and oxygen atoms in total. The van der Waals surface area contributed by atoms with Gasteiger partial charge in [-0.2, -0.15) is 0 Å². The molecular weight excluding hydrogens is 248 g/mol. The number of halogens is 1. The van der Waals surface area contributed by atoms with E-state index in [1.165, 1.54) is 11.3 Å². The van der Waals surface area contributed by atoms with Crippen LogP contribution >= 0.6 is 22.9 Å². The summed E-state index contributed by atoms with van der Waals surface area (Å²) in [6.07, 6.45) is 0.605. The number of hydrogen-bond acceptors (Lipinski definition) is 3. The number of aliphatic carboxylic acids is 1. The van der Waals surface area contributed by atoms with E-state index in [4.69, 9.17) is 16.3 Å². The first kappa shape index (κ1) is 11.9. The number of hydrogen-bond donors (Lipinski definition) is 1. The van der Waals surface area contributed by atoms with Crippen molar-refractivity contribution in [3.63, 3.8) is 0 Å². The monoisotopic (exact) mass is 260 g/mol. The predicted molar refractivity (Wildman–Crippen MR) is 63.2 cm³/mol. The molecule has 0 aliphatic carbocycles. The second-order valence-electron chi connectivity index (χ2n) is 4.05. The summed E-state index contributed by atoms with van der Waals surface area (Å²) >= 11 is 7.36. The lowest BCUT2D eigenvalue weighted by atomic mass is 9.71. The van der Waals surface area contributed by atoms with Crippen molar-refractivity contribution in [2.24, 2.45) is 5.92 Å². The van der Waals surface area contributed by atoms with Gasteiger partial charge in [0.1, 0.15) is 0 Å². The van der Waals surface area contributed by atoms with Gasteiger partial charge in [-0.3, -0.25) is 4.79 Å². The summed E-state index contributed by atoms with van der Waals surface area (Å²) in [7, 11) is 0. The van der Waals surface area contributed by atoms with E-state index in [9.17, 15) is 9.90 Å². The summed E-state index contributed by atoms with van der Waals surface area (Å²) in [6, 6.07) is 3.73. The van der Waals surface area contributed by atoms with Crippen LogP contribution in [0.2, 0.25) is 4.34 Å². The minimum atomic E-state index is -0.754. The molecule has 1 atom stereocenters. The average Bonchev–Trinajstić information content (AvgIpc) is 2.57. The molecule has 1 unspecified atom stereocenters. The number of carboxylic acids is 1. The van der Waals surface area contributed by atoms with Crippen LogP contribution < -0.4 is 0 Å². The van der Waals surface area contributed by atoms with Gasteiger partial charge >= 0.3 is 5.97 Å². The summed E-state index contributed by atoms with van der Waals surface area (Å²) in [4.78, 5) is 12.3. The fraction of sp³-hybridized carbons (Fsp3) is 0.545. The molecule has 0 radical (unpaired) electrons. The molecule has 1 aromatic rings. The SMILES string of the molecule is CCC(C(=O)O)C1(c2ccc(Cl)s2)COC1. The van der Waals surface area contributed by atoms with E-state index < -0.39 is 11.9 Å². The van der Waals surface area contributed by atoms with Gasteiger partial charge in [0.2, 0.25) is 0 Å². The number of thiophene rings is 1. The van der Waals surface area contributed by atoms with Gasteiger partial charge in [-0.1, -0.05) is 18.5 Å². The zero-order valence-electron chi connectivity index (χ0n) is 8.90. The molecule has 5 heteroatoms. The molecule has 2 rings (SSSR count). The maximum atomic E-state index is 11.3. The maximum absolute atomic E-state index is 11.3. The fourth-order valence-electron chi connectivity index (χ4n) is 2.22. The highest BCUT2D eigenvalue weighted by molar-refractivity contribution is 7.16. The minimum absolute atomic E-state index is 0.363. The maximum Gasteiger partial charge on any atom is 0.307 e. The molecule has 0 spiro atoms. The Balaban J connectivity index is 2.35. The third kappa shape index (κ3) is 1.75. The Morgan fingerprint density at radius 1 is 1.69 bits per heavy atom. The Bertz CT molecular complexity index is 398. The first-order valence-electron chi connectivity index (χ1n) is 5.16. The standard InChI is InChI=1S/C11H13ClO3S/c1-2-7(10(13)14)11(5-15-6-11)8-3-4-9(12)16-8/h3-4,7H,2,5-6H2,1H3,(H,13,14). The van der Waals surface area contributed by atoms with E-state index in [-0.39, 0.29) is 5.41 Å². The van der Waals surface area contributed by atoms with Crippen molar-refractivity contribution >= 4 is 28.9 Å². The van der Waals surface area contributed by atoms with Crippen LogP contribution in [0.4, 0.5) is 0 Å². The van der Waals surface area contributed by atoms with Crippen molar-refractivity contribution in [2.45, 2.75) is 18.8 Å². The molecule has 0 saturated carbocycles. The van der Waals surface area contributed by atoms with Gasteiger partial charge in [0, 0.05) is 4.88 Å². The molecular formula is C11H13ClO3S. The smallest absolute Gasteiger partial charge is 0.307 e. The summed E-state index contributed by atoms with van der Waals surface area (Å²) < 4.78 is 5.93. The van der Waals surface area contributed by atoms with Crippen LogP contribution in [0, 0.1) is 5.92 Å². The molecule has 16 heavy (non-hydrogen) atoms. The van der Waals surface area contributed by atoms with E-state index in [1.54, 1.807) is 0 Å². The van der Waals surface area contributed by atoms with Crippen molar-refractivity contribution in [3.05, 3.63) is 21.3 Å². The highest BCUT2D eigenvalue weighted by Crippen LogP contribution is 2.44. The summed E-state index contributed by atoms with van der Waals surface area (Å²) in [5.41, 5.74) is -0.363. The van der Waals surface area contributed by atoms with Crippen molar-refractivity contribution in [1.29, 1.82) is 0 Å². The van der Waals surface area contributed by atoms with Crippen molar-refractivity contribution in [1.82, 2.24) is 0 Å². The summed E-state index contributed by atoms with van der Waals surface area (Å²) in [6.45, 7) is 2.86. The van der Waals surface area contributed by atoms with Crippen LogP contribution in [0.25, 0.3) is 0 Å². The summed E-state index contributed by atoms with van der Waals surface area (Å²) in [5, 5.41) is 9.26. The minimum Gasteiger partial charge on any atom is -0.481 e. The van der Waals surface area contributed by atoms with E-state index in [1.807, 2.05) is 19.1 Å². The van der Waals surface area contributed by atoms with Crippen molar-refractivity contribution in [2.75, 3.05) is 13.2 Å². The molecule has 2 heterocycles. The molecule has 0 aromatic carbocycles. The molecule has 1 saturated heterocycles. The molecule has 0 bridgehead atoms.